The number of aromatic amines is 1. The van der Waals surface area contributed by atoms with Gasteiger partial charge in [-0.2, -0.15) is 0 Å². The van der Waals surface area contributed by atoms with Crippen molar-refractivity contribution in [2.45, 2.75) is 25.8 Å². The first-order chi connectivity index (χ1) is 7.61. The van der Waals surface area contributed by atoms with Crippen molar-refractivity contribution in [1.82, 2.24) is 9.55 Å². The van der Waals surface area contributed by atoms with Crippen LogP contribution in [0.4, 0.5) is 0 Å². The Hall–Kier alpha value is -1.56. The SMILES string of the molecule is Cc1c(O)n(C2CCCOC2)c(=O)[nH]c1=O. The first kappa shape index (κ1) is 10.9. The minimum absolute atomic E-state index is 0.158. The van der Waals surface area contributed by atoms with E-state index >= 15 is 0 Å². The minimum atomic E-state index is -0.580. The summed E-state index contributed by atoms with van der Waals surface area (Å²) in [7, 11) is 0. The van der Waals surface area contributed by atoms with Crippen molar-refractivity contribution < 1.29 is 9.84 Å². The van der Waals surface area contributed by atoms with Crippen LogP contribution in [0.3, 0.4) is 0 Å². The first-order valence-corrected chi connectivity index (χ1v) is 5.23. The van der Waals surface area contributed by atoms with Gasteiger partial charge in [-0.1, -0.05) is 0 Å². The number of rotatable bonds is 1. The monoisotopic (exact) mass is 226 g/mol. The van der Waals surface area contributed by atoms with Crippen LogP contribution in [0.15, 0.2) is 9.59 Å². The Bertz CT molecular complexity index is 497. The maximum Gasteiger partial charge on any atom is 0.331 e. The number of hydrogen-bond acceptors (Lipinski definition) is 4. The number of H-pyrrole nitrogens is 1. The maximum atomic E-state index is 11.6. The first-order valence-electron chi connectivity index (χ1n) is 5.23. The number of nitrogens with zero attached hydrogens (tertiary/aromatic N) is 1. The van der Waals surface area contributed by atoms with Gasteiger partial charge < -0.3 is 9.84 Å². The van der Waals surface area contributed by atoms with E-state index in [0.29, 0.717) is 13.2 Å². The van der Waals surface area contributed by atoms with Crippen molar-refractivity contribution in [3.8, 4) is 5.88 Å². The van der Waals surface area contributed by atoms with Crippen molar-refractivity contribution >= 4 is 0 Å². The summed E-state index contributed by atoms with van der Waals surface area (Å²) in [5.74, 6) is -0.260. The molecule has 2 rings (SSSR count). The molecular formula is C10H14N2O4. The van der Waals surface area contributed by atoms with Gasteiger partial charge in [0.2, 0.25) is 5.88 Å². The Morgan fingerprint density at radius 3 is 2.88 bits per heavy atom. The molecule has 0 aromatic carbocycles. The number of hydrogen-bond donors (Lipinski definition) is 2. The highest BCUT2D eigenvalue weighted by Crippen LogP contribution is 2.22. The molecule has 1 aliphatic heterocycles. The molecule has 0 bridgehead atoms. The van der Waals surface area contributed by atoms with Crippen LogP contribution in [0.1, 0.15) is 24.4 Å². The van der Waals surface area contributed by atoms with E-state index in [1.54, 1.807) is 0 Å². The molecule has 1 aromatic heterocycles. The molecule has 88 valence electrons. The van der Waals surface area contributed by atoms with Crippen LogP contribution in [0.25, 0.3) is 0 Å². The summed E-state index contributed by atoms with van der Waals surface area (Å²) >= 11 is 0. The summed E-state index contributed by atoms with van der Waals surface area (Å²) in [5.41, 5.74) is -0.968. The van der Waals surface area contributed by atoms with Gasteiger partial charge in [0.25, 0.3) is 5.56 Å². The molecule has 6 heteroatoms. The molecule has 0 amide bonds. The van der Waals surface area contributed by atoms with Gasteiger partial charge in [-0.05, 0) is 19.8 Å². The summed E-state index contributed by atoms with van der Waals surface area (Å²) in [6.07, 6.45) is 1.60. The molecule has 0 spiro atoms. The van der Waals surface area contributed by atoms with Crippen LogP contribution in [-0.4, -0.2) is 27.9 Å². The molecule has 1 unspecified atom stereocenters. The molecule has 1 atom stereocenters. The van der Waals surface area contributed by atoms with Crippen LogP contribution in [-0.2, 0) is 4.74 Å². The topological polar surface area (TPSA) is 84.3 Å². The molecule has 0 saturated carbocycles. The molecule has 1 fully saturated rings. The quantitative estimate of drug-likeness (QED) is 0.700. The van der Waals surface area contributed by atoms with E-state index in [4.69, 9.17) is 4.74 Å². The van der Waals surface area contributed by atoms with Gasteiger partial charge in [0, 0.05) is 6.61 Å². The second-order valence-corrected chi connectivity index (χ2v) is 3.95. The number of ether oxygens (including phenoxy) is 1. The second kappa shape index (κ2) is 4.13. The molecule has 1 aliphatic rings. The van der Waals surface area contributed by atoms with E-state index in [0.717, 1.165) is 12.8 Å². The number of aromatic hydroxyl groups is 1. The smallest absolute Gasteiger partial charge is 0.331 e. The molecule has 1 saturated heterocycles. The molecule has 0 radical (unpaired) electrons. The minimum Gasteiger partial charge on any atom is -0.494 e. The third kappa shape index (κ3) is 1.76. The second-order valence-electron chi connectivity index (χ2n) is 3.95. The fourth-order valence-corrected chi connectivity index (χ4v) is 1.90. The van der Waals surface area contributed by atoms with E-state index < -0.39 is 11.2 Å². The van der Waals surface area contributed by atoms with Gasteiger partial charge in [-0.25, -0.2) is 4.79 Å². The van der Waals surface area contributed by atoms with Crippen LogP contribution in [0, 0.1) is 6.92 Å². The Morgan fingerprint density at radius 1 is 1.50 bits per heavy atom. The third-order valence-electron chi connectivity index (χ3n) is 2.84. The van der Waals surface area contributed by atoms with Gasteiger partial charge in [-0.3, -0.25) is 14.3 Å². The summed E-state index contributed by atoms with van der Waals surface area (Å²) in [4.78, 5) is 25.0. The molecule has 1 aromatic rings. The predicted octanol–water partition coefficient (Wildman–Crippen LogP) is -0.0979. The molecule has 6 nitrogen and oxygen atoms in total. The Labute approximate surface area is 91.5 Å². The van der Waals surface area contributed by atoms with Crippen LogP contribution < -0.4 is 11.2 Å². The normalized spacial score (nSPS) is 20.9. The summed E-state index contributed by atoms with van der Waals surface area (Å²) in [6, 6.07) is -0.197. The van der Waals surface area contributed by atoms with E-state index in [1.165, 1.54) is 11.5 Å². The van der Waals surface area contributed by atoms with Crippen LogP contribution >= 0.6 is 0 Å². The zero-order valence-corrected chi connectivity index (χ0v) is 9.02. The Morgan fingerprint density at radius 2 is 2.25 bits per heavy atom. The van der Waals surface area contributed by atoms with E-state index in [2.05, 4.69) is 4.98 Å². The molecule has 0 aliphatic carbocycles. The molecular weight excluding hydrogens is 212 g/mol. The fraction of sp³-hybridized carbons (Fsp3) is 0.600. The van der Waals surface area contributed by atoms with Crippen LogP contribution in [0.2, 0.25) is 0 Å². The lowest BCUT2D eigenvalue weighted by Crippen LogP contribution is -2.36. The zero-order valence-electron chi connectivity index (χ0n) is 9.02. The summed E-state index contributed by atoms with van der Waals surface area (Å²) in [6.45, 7) is 2.54. The molecule has 16 heavy (non-hydrogen) atoms. The van der Waals surface area contributed by atoms with E-state index in [9.17, 15) is 14.7 Å². The van der Waals surface area contributed by atoms with Crippen LogP contribution in [0.5, 0.6) is 5.88 Å². The summed E-state index contributed by atoms with van der Waals surface area (Å²) in [5, 5.41) is 9.80. The van der Waals surface area contributed by atoms with Crippen molar-refractivity contribution in [3.63, 3.8) is 0 Å². The molecule has 2 heterocycles. The van der Waals surface area contributed by atoms with Gasteiger partial charge in [0.05, 0.1) is 18.2 Å². The van der Waals surface area contributed by atoms with Gasteiger partial charge in [0.1, 0.15) is 0 Å². The lowest BCUT2D eigenvalue weighted by molar-refractivity contribution is 0.0544. The molecule has 2 N–H and O–H groups in total. The highest BCUT2D eigenvalue weighted by atomic mass is 16.5. The number of aromatic nitrogens is 2. The lowest BCUT2D eigenvalue weighted by atomic mass is 10.1. The van der Waals surface area contributed by atoms with E-state index in [-0.39, 0.29) is 17.5 Å². The number of nitrogens with one attached hydrogen (secondary N) is 1. The van der Waals surface area contributed by atoms with Crippen molar-refractivity contribution in [3.05, 3.63) is 26.4 Å². The average molecular weight is 226 g/mol. The van der Waals surface area contributed by atoms with Crippen molar-refractivity contribution in [2.75, 3.05) is 13.2 Å². The highest BCUT2D eigenvalue weighted by molar-refractivity contribution is 5.21. The fourth-order valence-electron chi connectivity index (χ4n) is 1.90. The Balaban J connectivity index is 2.51. The van der Waals surface area contributed by atoms with Gasteiger partial charge >= 0.3 is 5.69 Å². The van der Waals surface area contributed by atoms with Gasteiger partial charge in [-0.15, -0.1) is 0 Å². The largest absolute Gasteiger partial charge is 0.494 e. The van der Waals surface area contributed by atoms with E-state index in [1.807, 2.05) is 0 Å². The standard InChI is InChI=1S/C10H14N2O4/c1-6-8(13)11-10(15)12(9(6)14)7-3-2-4-16-5-7/h7,14H,2-5H2,1H3,(H,11,13,15). The van der Waals surface area contributed by atoms with Crippen molar-refractivity contribution in [1.29, 1.82) is 0 Å². The highest BCUT2D eigenvalue weighted by Gasteiger charge is 2.21. The summed E-state index contributed by atoms with van der Waals surface area (Å²) < 4.78 is 6.46. The predicted molar refractivity (Wildman–Crippen MR) is 56.8 cm³/mol. The van der Waals surface area contributed by atoms with Crippen molar-refractivity contribution in [2.24, 2.45) is 0 Å². The average Bonchev–Trinajstić information content (AvgIpc) is 2.28. The lowest BCUT2D eigenvalue weighted by Gasteiger charge is -2.24. The third-order valence-corrected chi connectivity index (χ3v) is 2.84. The van der Waals surface area contributed by atoms with Gasteiger partial charge in [0.15, 0.2) is 0 Å². The Kier molecular flexibility index (Phi) is 2.82. The zero-order chi connectivity index (χ0) is 11.7. The maximum absolute atomic E-state index is 11.6.